The van der Waals surface area contributed by atoms with Crippen molar-refractivity contribution >= 4 is 29.1 Å². The molecule has 1 heterocycles. The molecular formula is C12H24N2OS2. The van der Waals surface area contributed by atoms with Gasteiger partial charge in [-0.1, -0.05) is 0 Å². The molecule has 1 N–H and O–H groups in total. The van der Waals surface area contributed by atoms with E-state index in [4.69, 9.17) is 17.0 Å². The molecular weight excluding hydrogens is 252 g/mol. The third-order valence-electron chi connectivity index (χ3n) is 2.66. The highest BCUT2D eigenvalue weighted by atomic mass is 32.2. The van der Waals surface area contributed by atoms with Crippen molar-refractivity contribution in [1.29, 1.82) is 0 Å². The summed E-state index contributed by atoms with van der Waals surface area (Å²) in [6, 6.07) is 0. The van der Waals surface area contributed by atoms with E-state index >= 15 is 0 Å². The Balaban J connectivity index is 2.18. The average Bonchev–Trinajstić information content (AvgIpc) is 2.27. The highest BCUT2D eigenvalue weighted by Gasteiger charge is 2.27. The summed E-state index contributed by atoms with van der Waals surface area (Å²) in [5.41, 5.74) is 0. The Morgan fingerprint density at radius 1 is 1.53 bits per heavy atom. The van der Waals surface area contributed by atoms with Crippen molar-refractivity contribution in [2.75, 3.05) is 38.6 Å². The predicted octanol–water partition coefficient (Wildman–Crippen LogP) is 2.11. The monoisotopic (exact) mass is 276 g/mol. The third kappa shape index (κ3) is 5.93. The number of hydrogen-bond donors (Lipinski definition) is 1. The van der Waals surface area contributed by atoms with Crippen molar-refractivity contribution in [2.45, 2.75) is 31.9 Å². The number of hydrogen-bond acceptors (Lipinski definition) is 3. The minimum atomic E-state index is 0.315. The van der Waals surface area contributed by atoms with E-state index in [9.17, 15) is 0 Å². The van der Waals surface area contributed by atoms with Crippen LogP contribution in [0.15, 0.2) is 0 Å². The summed E-state index contributed by atoms with van der Waals surface area (Å²) < 4.78 is 5.61. The van der Waals surface area contributed by atoms with E-state index in [1.807, 2.05) is 18.7 Å². The second-order valence-electron chi connectivity index (χ2n) is 4.81. The maximum absolute atomic E-state index is 5.42. The molecule has 0 bridgehead atoms. The molecule has 1 rings (SSSR count). The van der Waals surface area contributed by atoms with Crippen molar-refractivity contribution in [2.24, 2.45) is 0 Å². The van der Waals surface area contributed by atoms with Gasteiger partial charge in [0.1, 0.15) is 0 Å². The lowest BCUT2D eigenvalue weighted by Crippen LogP contribution is -2.50. The van der Waals surface area contributed by atoms with E-state index in [2.05, 4.69) is 24.1 Å². The van der Waals surface area contributed by atoms with E-state index < -0.39 is 0 Å². The Morgan fingerprint density at radius 2 is 2.29 bits per heavy atom. The molecule has 1 fully saturated rings. The van der Waals surface area contributed by atoms with Crippen LogP contribution in [0.2, 0.25) is 0 Å². The molecule has 1 aliphatic rings. The lowest BCUT2D eigenvalue weighted by atomic mass is 10.2. The highest BCUT2D eigenvalue weighted by Crippen LogP contribution is 2.29. The molecule has 100 valence electrons. The predicted molar refractivity (Wildman–Crippen MR) is 79.8 cm³/mol. The molecule has 1 saturated heterocycles. The van der Waals surface area contributed by atoms with Gasteiger partial charge in [0.2, 0.25) is 0 Å². The van der Waals surface area contributed by atoms with Crippen LogP contribution in [0, 0.1) is 0 Å². The van der Waals surface area contributed by atoms with Gasteiger partial charge in [0.05, 0.1) is 0 Å². The van der Waals surface area contributed by atoms with Gasteiger partial charge in [-0.05, 0) is 39.4 Å². The molecule has 0 aliphatic carbocycles. The summed E-state index contributed by atoms with van der Waals surface area (Å²) in [5, 5.41) is 4.22. The molecule has 3 nitrogen and oxygen atoms in total. The van der Waals surface area contributed by atoms with E-state index in [-0.39, 0.29) is 0 Å². The second-order valence-corrected chi connectivity index (χ2v) is 7.00. The van der Waals surface area contributed by atoms with Crippen LogP contribution in [-0.2, 0) is 4.74 Å². The van der Waals surface area contributed by atoms with Gasteiger partial charge in [-0.3, -0.25) is 0 Å². The fourth-order valence-corrected chi connectivity index (χ4v) is 3.18. The molecule has 0 spiro atoms. The van der Waals surface area contributed by atoms with E-state index in [1.54, 1.807) is 0 Å². The summed E-state index contributed by atoms with van der Waals surface area (Å²) in [4.78, 5) is 2.28. The number of nitrogens with one attached hydrogen (secondary N) is 1. The molecule has 0 saturated carbocycles. The Hall–Kier alpha value is 0. The van der Waals surface area contributed by atoms with E-state index in [0.717, 1.165) is 50.1 Å². The SMILES string of the molecule is CCOCCCNC(=S)N1CCSC(C)(C)C1. The van der Waals surface area contributed by atoms with Gasteiger partial charge < -0.3 is 15.0 Å². The number of thiocarbonyl (C=S) groups is 1. The first-order chi connectivity index (χ1) is 8.05. The summed E-state index contributed by atoms with van der Waals surface area (Å²) >= 11 is 7.45. The Morgan fingerprint density at radius 3 is 2.94 bits per heavy atom. The van der Waals surface area contributed by atoms with Crippen LogP contribution in [0.25, 0.3) is 0 Å². The quantitative estimate of drug-likeness (QED) is 0.612. The van der Waals surface area contributed by atoms with Crippen LogP contribution in [0.4, 0.5) is 0 Å². The first-order valence-corrected chi connectivity index (χ1v) is 7.69. The van der Waals surface area contributed by atoms with E-state index in [0.29, 0.717) is 4.75 Å². The zero-order valence-electron chi connectivity index (χ0n) is 11.1. The Bertz CT molecular complexity index is 247. The number of nitrogens with zero attached hydrogens (tertiary/aromatic N) is 1. The molecule has 0 aromatic rings. The number of ether oxygens (including phenoxy) is 1. The van der Waals surface area contributed by atoms with Gasteiger partial charge in [0.15, 0.2) is 5.11 Å². The molecule has 0 amide bonds. The van der Waals surface area contributed by atoms with Crippen molar-refractivity contribution < 1.29 is 4.74 Å². The summed E-state index contributed by atoms with van der Waals surface area (Å²) in [6.45, 7) is 11.2. The van der Waals surface area contributed by atoms with Gasteiger partial charge in [-0.25, -0.2) is 0 Å². The van der Waals surface area contributed by atoms with Crippen LogP contribution in [0.1, 0.15) is 27.2 Å². The van der Waals surface area contributed by atoms with Crippen molar-refractivity contribution in [3.05, 3.63) is 0 Å². The molecule has 1 aliphatic heterocycles. The molecule has 5 heteroatoms. The van der Waals surface area contributed by atoms with Crippen molar-refractivity contribution in [3.63, 3.8) is 0 Å². The third-order valence-corrected chi connectivity index (χ3v) is 4.36. The Labute approximate surface area is 115 Å². The van der Waals surface area contributed by atoms with Gasteiger partial charge >= 0.3 is 0 Å². The molecule has 0 aromatic carbocycles. The zero-order valence-corrected chi connectivity index (χ0v) is 12.8. The van der Waals surface area contributed by atoms with Crippen LogP contribution in [0.5, 0.6) is 0 Å². The van der Waals surface area contributed by atoms with Gasteiger partial charge in [-0.15, -0.1) is 0 Å². The number of thioether (sulfide) groups is 1. The van der Waals surface area contributed by atoms with Crippen molar-refractivity contribution in [3.8, 4) is 0 Å². The summed E-state index contributed by atoms with van der Waals surface area (Å²) in [7, 11) is 0. The highest BCUT2D eigenvalue weighted by molar-refractivity contribution is 8.00. The minimum absolute atomic E-state index is 0.315. The molecule has 0 radical (unpaired) electrons. The fraction of sp³-hybridized carbons (Fsp3) is 0.917. The lowest BCUT2D eigenvalue weighted by Gasteiger charge is -2.39. The fourth-order valence-electron chi connectivity index (χ4n) is 1.82. The van der Waals surface area contributed by atoms with Gasteiger partial charge in [-0.2, -0.15) is 11.8 Å². The minimum Gasteiger partial charge on any atom is -0.382 e. The summed E-state index contributed by atoms with van der Waals surface area (Å²) in [5.74, 6) is 1.16. The maximum atomic E-state index is 5.42. The van der Waals surface area contributed by atoms with Crippen LogP contribution >= 0.6 is 24.0 Å². The normalized spacial score (nSPS) is 19.1. The molecule has 0 unspecified atom stereocenters. The number of rotatable bonds is 5. The van der Waals surface area contributed by atoms with E-state index in [1.165, 1.54) is 0 Å². The Kier molecular flexibility index (Phi) is 6.59. The smallest absolute Gasteiger partial charge is 0.169 e. The van der Waals surface area contributed by atoms with Gasteiger partial charge in [0.25, 0.3) is 0 Å². The zero-order chi connectivity index (χ0) is 12.7. The van der Waals surface area contributed by atoms with Crippen LogP contribution < -0.4 is 5.32 Å². The maximum Gasteiger partial charge on any atom is 0.169 e. The topological polar surface area (TPSA) is 24.5 Å². The van der Waals surface area contributed by atoms with Crippen molar-refractivity contribution in [1.82, 2.24) is 10.2 Å². The van der Waals surface area contributed by atoms with Crippen LogP contribution in [0.3, 0.4) is 0 Å². The molecule has 0 atom stereocenters. The van der Waals surface area contributed by atoms with Gasteiger partial charge in [0, 0.05) is 43.3 Å². The van der Waals surface area contributed by atoms with Crippen LogP contribution in [-0.4, -0.2) is 53.4 Å². The lowest BCUT2D eigenvalue weighted by molar-refractivity contribution is 0.145. The second kappa shape index (κ2) is 7.44. The first-order valence-electron chi connectivity index (χ1n) is 6.29. The molecule has 0 aromatic heterocycles. The largest absolute Gasteiger partial charge is 0.382 e. The first kappa shape index (κ1) is 15.1. The molecule has 17 heavy (non-hydrogen) atoms. The summed E-state index contributed by atoms with van der Waals surface area (Å²) in [6.07, 6.45) is 1.01. The average molecular weight is 276 g/mol. The standard InChI is InChI=1S/C12H24N2OS2/c1-4-15-8-5-6-13-11(16)14-7-9-17-12(2,3)10-14/h4-10H2,1-3H3,(H,13,16).